The van der Waals surface area contributed by atoms with Gasteiger partial charge in [-0.2, -0.15) is 0 Å². The summed E-state index contributed by atoms with van der Waals surface area (Å²) in [7, 11) is 0. The highest BCUT2D eigenvalue weighted by Crippen LogP contribution is 2.14. The van der Waals surface area contributed by atoms with Crippen molar-refractivity contribution in [2.24, 2.45) is 0 Å². The highest BCUT2D eigenvalue weighted by Gasteiger charge is 1.99. The minimum atomic E-state index is 0.983. The lowest BCUT2D eigenvalue weighted by atomic mass is 10.4. The lowest BCUT2D eigenvalue weighted by molar-refractivity contribution is 1.08. The van der Waals surface area contributed by atoms with Gasteiger partial charge in [0.15, 0.2) is 0 Å². The Morgan fingerprint density at radius 2 is 2.00 bits per heavy atom. The van der Waals surface area contributed by atoms with E-state index in [1.165, 1.54) is 0 Å². The third-order valence-corrected chi connectivity index (χ3v) is 2.28. The van der Waals surface area contributed by atoms with Crippen LogP contribution in [0, 0.1) is 6.92 Å². The topological polar surface area (TPSA) is 17.3 Å². The number of rotatable bonds is 0. The summed E-state index contributed by atoms with van der Waals surface area (Å²) in [5.74, 6) is 0. The molecule has 0 atom stereocenters. The Kier molecular flexibility index (Phi) is 3.48. The fourth-order valence-electron chi connectivity index (χ4n) is 1.14. The maximum Gasteiger partial charge on any atom is 0.137 e. The van der Waals surface area contributed by atoms with E-state index in [0.29, 0.717) is 0 Å². The first-order chi connectivity index (χ1) is 6.29. The molecule has 0 spiro atoms. The van der Waals surface area contributed by atoms with Crippen LogP contribution in [0.4, 0.5) is 0 Å². The van der Waals surface area contributed by atoms with E-state index in [1.807, 2.05) is 45.2 Å². The Morgan fingerprint density at radius 3 is 2.62 bits per heavy atom. The standard InChI is InChI=1S/C8H7BrN2.C2H6/c1-6-5-10-8-4-2-3-7(9)11(6)8;1-2/h2-5H,1H3;1-2H3. The summed E-state index contributed by atoms with van der Waals surface area (Å²) >= 11 is 3.45. The number of fused-ring (bicyclic) bond motifs is 1. The number of pyridine rings is 1. The van der Waals surface area contributed by atoms with Crippen LogP contribution in [-0.2, 0) is 0 Å². The van der Waals surface area contributed by atoms with Crippen molar-refractivity contribution in [3.8, 4) is 0 Å². The minimum absolute atomic E-state index is 0.983. The van der Waals surface area contributed by atoms with Crippen LogP contribution in [0.1, 0.15) is 19.5 Å². The van der Waals surface area contributed by atoms with Gasteiger partial charge in [0.1, 0.15) is 5.65 Å². The van der Waals surface area contributed by atoms with Crippen molar-refractivity contribution in [3.05, 3.63) is 34.7 Å². The largest absolute Gasteiger partial charge is 0.291 e. The Morgan fingerprint density at radius 1 is 1.31 bits per heavy atom. The molecule has 0 bridgehead atoms. The van der Waals surface area contributed by atoms with Crippen LogP contribution in [0.15, 0.2) is 29.0 Å². The van der Waals surface area contributed by atoms with Crippen molar-refractivity contribution in [1.29, 1.82) is 0 Å². The van der Waals surface area contributed by atoms with Gasteiger partial charge < -0.3 is 0 Å². The maximum absolute atomic E-state index is 4.21. The quantitative estimate of drug-likeness (QED) is 0.646. The van der Waals surface area contributed by atoms with Crippen molar-refractivity contribution in [2.45, 2.75) is 20.8 Å². The summed E-state index contributed by atoms with van der Waals surface area (Å²) in [6.45, 7) is 6.03. The van der Waals surface area contributed by atoms with E-state index in [9.17, 15) is 0 Å². The summed E-state index contributed by atoms with van der Waals surface area (Å²) in [6, 6.07) is 5.96. The normalized spacial score (nSPS) is 9.54. The Hall–Kier alpha value is -0.830. The molecular formula is C10H13BrN2. The van der Waals surface area contributed by atoms with Crippen LogP contribution in [0.5, 0.6) is 0 Å². The molecule has 0 fully saturated rings. The average molecular weight is 241 g/mol. The summed E-state index contributed by atoms with van der Waals surface area (Å²) in [4.78, 5) is 4.21. The zero-order valence-electron chi connectivity index (χ0n) is 8.08. The molecule has 0 saturated heterocycles. The van der Waals surface area contributed by atoms with Crippen molar-refractivity contribution >= 4 is 21.6 Å². The number of aromatic nitrogens is 2. The van der Waals surface area contributed by atoms with Gasteiger partial charge in [-0.25, -0.2) is 4.98 Å². The molecule has 70 valence electrons. The van der Waals surface area contributed by atoms with Gasteiger partial charge in [0.25, 0.3) is 0 Å². The second-order valence-electron chi connectivity index (χ2n) is 2.44. The zero-order valence-corrected chi connectivity index (χ0v) is 9.67. The Balaban J connectivity index is 0.000000396. The van der Waals surface area contributed by atoms with Gasteiger partial charge in [0.05, 0.1) is 4.60 Å². The average Bonchev–Trinajstić information content (AvgIpc) is 2.53. The minimum Gasteiger partial charge on any atom is -0.291 e. The maximum atomic E-state index is 4.21. The molecule has 3 heteroatoms. The number of hydrogen-bond acceptors (Lipinski definition) is 1. The molecule has 0 amide bonds. The SMILES string of the molecule is CC.Cc1cnc2cccc(Br)n12. The van der Waals surface area contributed by atoms with Gasteiger partial charge in [-0.15, -0.1) is 0 Å². The number of halogens is 1. The number of imidazole rings is 1. The van der Waals surface area contributed by atoms with Gasteiger partial charge in [0.2, 0.25) is 0 Å². The third kappa shape index (κ3) is 1.91. The Labute approximate surface area is 86.7 Å². The predicted molar refractivity (Wildman–Crippen MR) is 59.0 cm³/mol. The molecule has 2 aromatic heterocycles. The predicted octanol–water partition coefficient (Wildman–Crippen LogP) is 3.43. The second-order valence-corrected chi connectivity index (χ2v) is 3.25. The van der Waals surface area contributed by atoms with Crippen LogP contribution in [0.25, 0.3) is 5.65 Å². The molecule has 0 aliphatic rings. The lowest BCUT2D eigenvalue weighted by Crippen LogP contribution is -1.87. The molecule has 13 heavy (non-hydrogen) atoms. The summed E-state index contributed by atoms with van der Waals surface area (Å²) in [6.07, 6.45) is 1.86. The smallest absolute Gasteiger partial charge is 0.137 e. The first kappa shape index (κ1) is 10.3. The molecule has 0 unspecified atom stereocenters. The van der Waals surface area contributed by atoms with Crippen LogP contribution in [0.2, 0.25) is 0 Å². The van der Waals surface area contributed by atoms with Gasteiger partial charge in [-0.1, -0.05) is 19.9 Å². The molecule has 0 aliphatic heterocycles. The third-order valence-electron chi connectivity index (χ3n) is 1.66. The van der Waals surface area contributed by atoms with E-state index in [1.54, 1.807) is 0 Å². The second kappa shape index (κ2) is 4.42. The number of aryl methyl sites for hydroxylation is 1. The van der Waals surface area contributed by atoms with Gasteiger partial charge in [0, 0.05) is 11.9 Å². The molecule has 2 heterocycles. The Bertz CT molecular complexity index is 393. The highest BCUT2D eigenvalue weighted by molar-refractivity contribution is 9.10. The molecule has 0 N–H and O–H groups in total. The van der Waals surface area contributed by atoms with Crippen molar-refractivity contribution in [3.63, 3.8) is 0 Å². The number of hydrogen-bond donors (Lipinski definition) is 0. The summed E-state index contributed by atoms with van der Waals surface area (Å²) in [5.41, 5.74) is 2.13. The zero-order chi connectivity index (χ0) is 9.84. The van der Waals surface area contributed by atoms with Gasteiger partial charge in [-0.3, -0.25) is 4.40 Å². The van der Waals surface area contributed by atoms with E-state index in [2.05, 4.69) is 25.3 Å². The summed E-state index contributed by atoms with van der Waals surface area (Å²) in [5, 5.41) is 0. The molecule has 2 rings (SSSR count). The van der Waals surface area contributed by atoms with Crippen molar-refractivity contribution < 1.29 is 0 Å². The molecule has 2 aromatic rings. The highest BCUT2D eigenvalue weighted by atomic mass is 79.9. The molecule has 0 aliphatic carbocycles. The fraction of sp³-hybridized carbons (Fsp3) is 0.300. The van der Waals surface area contributed by atoms with E-state index in [4.69, 9.17) is 0 Å². The first-order valence-electron chi connectivity index (χ1n) is 4.37. The molecule has 0 saturated carbocycles. The monoisotopic (exact) mass is 240 g/mol. The first-order valence-corrected chi connectivity index (χ1v) is 5.17. The van der Waals surface area contributed by atoms with Crippen LogP contribution in [0.3, 0.4) is 0 Å². The van der Waals surface area contributed by atoms with E-state index in [-0.39, 0.29) is 0 Å². The van der Waals surface area contributed by atoms with Crippen molar-refractivity contribution in [2.75, 3.05) is 0 Å². The molecule has 2 nitrogen and oxygen atoms in total. The molecule has 0 aromatic carbocycles. The molecule has 0 radical (unpaired) electrons. The van der Waals surface area contributed by atoms with Gasteiger partial charge in [-0.05, 0) is 35.0 Å². The van der Waals surface area contributed by atoms with E-state index in [0.717, 1.165) is 15.9 Å². The lowest BCUT2D eigenvalue weighted by Gasteiger charge is -1.97. The summed E-state index contributed by atoms with van der Waals surface area (Å²) < 4.78 is 3.10. The van der Waals surface area contributed by atoms with Crippen molar-refractivity contribution in [1.82, 2.24) is 9.38 Å². The van der Waals surface area contributed by atoms with E-state index >= 15 is 0 Å². The van der Waals surface area contributed by atoms with Crippen LogP contribution < -0.4 is 0 Å². The molecular weight excluding hydrogens is 228 g/mol. The fourth-order valence-corrected chi connectivity index (χ4v) is 1.75. The van der Waals surface area contributed by atoms with Crippen LogP contribution in [-0.4, -0.2) is 9.38 Å². The van der Waals surface area contributed by atoms with Gasteiger partial charge >= 0.3 is 0 Å². The van der Waals surface area contributed by atoms with E-state index < -0.39 is 0 Å². The number of nitrogens with zero attached hydrogens (tertiary/aromatic N) is 2. The van der Waals surface area contributed by atoms with Crippen LogP contribution >= 0.6 is 15.9 Å².